The predicted octanol–water partition coefficient (Wildman–Crippen LogP) is 2.40. The van der Waals surface area contributed by atoms with Gasteiger partial charge in [0.05, 0.1) is 11.2 Å². The molecule has 1 heterocycles. The molecule has 0 bridgehead atoms. The van der Waals surface area contributed by atoms with Gasteiger partial charge in [-0.25, -0.2) is 12.7 Å². The van der Waals surface area contributed by atoms with Crippen LogP contribution in [0.1, 0.15) is 21.7 Å². The zero-order chi connectivity index (χ0) is 16.5. The van der Waals surface area contributed by atoms with Crippen LogP contribution in [0.25, 0.3) is 0 Å². The van der Waals surface area contributed by atoms with E-state index in [1.807, 2.05) is 0 Å². The van der Waals surface area contributed by atoms with Gasteiger partial charge in [0.25, 0.3) is 5.91 Å². The molecular formula is C15H18N2O4S. The van der Waals surface area contributed by atoms with Gasteiger partial charge in [0, 0.05) is 25.3 Å². The molecule has 118 valence electrons. The second-order valence-corrected chi connectivity index (χ2v) is 7.30. The summed E-state index contributed by atoms with van der Waals surface area (Å²) in [5.41, 5.74) is 1.91. The Hall–Kier alpha value is -2.12. The molecular weight excluding hydrogens is 304 g/mol. The van der Waals surface area contributed by atoms with Crippen molar-refractivity contribution in [2.75, 3.05) is 19.4 Å². The number of benzene rings is 1. The molecule has 0 aliphatic rings. The fourth-order valence-corrected chi connectivity index (χ4v) is 2.82. The van der Waals surface area contributed by atoms with E-state index in [-0.39, 0.29) is 10.7 Å². The number of furan rings is 1. The second kappa shape index (κ2) is 5.94. The lowest BCUT2D eigenvalue weighted by Gasteiger charge is -2.14. The number of aryl methyl sites for hydroxylation is 2. The molecule has 0 unspecified atom stereocenters. The molecule has 1 aromatic carbocycles. The molecule has 0 radical (unpaired) electrons. The van der Waals surface area contributed by atoms with Crippen LogP contribution < -0.4 is 5.32 Å². The third kappa shape index (κ3) is 3.05. The number of amides is 1. The number of anilines is 1. The van der Waals surface area contributed by atoms with Crippen molar-refractivity contribution in [1.29, 1.82) is 0 Å². The maximum atomic E-state index is 12.2. The minimum Gasteiger partial charge on any atom is -0.459 e. The van der Waals surface area contributed by atoms with E-state index in [0.717, 1.165) is 9.87 Å². The Kier molecular flexibility index (Phi) is 4.39. The van der Waals surface area contributed by atoms with Crippen molar-refractivity contribution in [1.82, 2.24) is 4.31 Å². The first-order valence-corrected chi connectivity index (χ1v) is 8.06. The Morgan fingerprint density at radius 1 is 1.14 bits per heavy atom. The van der Waals surface area contributed by atoms with Gasteiger partial charge in [0.1, 0.15) is 0 Å². The molecule has 0 fully saturated rings. The summed E-state index contributed by atoms with van der Waals surface area (Å²) in [6.07, 6.45) is 1.43. The van der Waals surface area contributed by atoms with Gasteiger partial charge in [-0.2, -0.15) is 0 Å². The van der Waals surface area contributed by atoms with E-state index < -0.39 is 15.9 Å². The maximum Gasteiger partial charge on any atom is 0.291 e. The summed E-state index contributed by atoms with van der Waals surface area (Å²) in [4.78, 5) is 12.3. The topological polar surface area (TPSA) is 79.6 Å². The molecule has 1 amide bonds. The largest absolute Gasteiger partial charge is 0.459 e. The third-order valence-electron chi connectivity index (χ3n) is 3.30. The number of nitrogens with one attached hydrogen (secondary N) is 1. The Labute approximate surface area is 129 Å². The number of hydrogen-bond donors (Lipinski definition) is 1. The van der Waals surface area contributed by atoms with E-state index in [1.54, 1.807) is 26.0 Å². The molecule has 0 aliphatic carbocycles. The van der Waals surface area contributed by atoms with Gasteiger partial charge in [-0.15, -0.1) is 0 Å². The molecule has 7 heteroatoms. The van der Waals surface area contributed by atoms with E-state index >= 15 is 0 Å². The molecule has 0 aliphatic heterocycles. The Bertz CT molecular complexity index is 807. The summed E-state index contributed by atoms with van der Waals surface area (Å²) < 4.78 is 30.6. The van der Waals surface area contributed by atoms with E-state index in [2.05, 4.69) is 5.32 Å². The van der Waals surface area contributed by atoms with Gasteiger partial charge in [-0.1, -0.05) is 6.07 Å². The fourth-order valence-electron chi connectivity index (χ4n) is 1.89. The third-order valence-corrected chi connectivity index (χ3v) is 5.12. The monoisotopic (exact) mass is 322 g/mol. The molecule has 0 saturated heterocycles. The quantitative estimate of drug-likeness (QED) is 0.937. The summed E-state index contributed by atoms with van der Waals surface area (Å²) >= 11 is 0. The Morgan fingerprint density at radius 3 is 2.36 bits per heavy atom. The zero-order valence-corrected chi connectivity index (χ0v) is 13.7. The molecule has 0 spiro atoms. The first-order chi connectivity index (χ1) is 10.2. The molecule has 2 aromatic rings. The van der Waals surface area contributed by atoms with Gasteiger partial charge in [-0.3, -0.25) is 4.79 Å². The average molecular weight is 322 g/mol. The van der Waals surface area contributed by atoms with Crippen LogP contribution in [0.3, 0.4) is 0 Å². The summed E-state index contributed by atoms with van der Waals surface area (Å²) in [6.45, 7) is 3.55. The summed E-state index contributed by atoms with van der Waals surface area (Å²) in [5.74, 6) is -0.203. The normalized spacial score (nSPS) is 11.7. The molecule has 6 nitrogen and oxygen atoms in total. The Balaban J connectivity index is 2.36. The van der Waals surface area contributed by atoms with Crippen molar-refractivity contribution in [3.63, 3.8) is 0 Å². The lowest BCUT2D eigenvalue weighted by Crippen LogP contribution is -2.22. The lowest BCUT2D eigenvalue weighted by atomic mass is 10.2. The predicted molar refractivity (Wildman–Crippen MR) is 83.5 cm³/mol. The van der Waals surface area contributed by atoms with Gasteiger partial charge in [0.2, 0.25) is 10.0 Å². The van der Waals surface area contributed by atoms with Gasteiger partial charge >= 0.3 is 0 Å². The van der Waals surface area contributed by atoms with Crippen molar-refractivity contribution in [3.8, 4) is 0 Å². The van der Waals surface area contributed by atoms with E-state index in [1.165, 1.54) is 32.5 Å². The van der Waals surface area contributed by atoms with Crippen LogP contribution in [0.15, 0.2) is 39.8 Å². The maximum absolute atomic E-state index is 12.2. The molecule has 22 heavy (non-hydrogen) atoms. The SMILES string of the molecule is Cc1ccc(S(=O)(=O)N(C)C)cc1NC(=O)c1occc1C. The van der Waals surface area contributed by atoms with Crippen molar-refractivity contribution in [2.45, 2.75) is 18.7 Å². The molecule has 1 aromatic heterocycles. The summed E-state index contributed by atoms with van der Waals surface area (Å²) in [6, 6.07) is 6.30. The van der Waals surface area contributed by atoms with Crippen LogP contribution >= 0.6 is 0 Å². The number of carbonyl (C=O) groups excluding carboxylic acids is 1. The van der Waals surface area contributed by atoms with Crippen LogP contribution in [0.5, 0.6) is 0 Å². The standard InChI is InChI=1S/C15H18N2O4S/c1-10-5-6-12(22(19,20)17(3)4)9-13(10)16-15(18)14-11(2)7-8-21-14/h5-9H,1-4H3,(H,16,18). The van der Waals surface area contributed by atoms with Crippen LogP contribution in [0.2, 0.25) is 0 Å². The number of sulfonamides is 1. The van der Waals surface area contributed by atoms with E-state index in [0.29, 0.717) is 11.3 Å². The van der Waals surface area contributed by atoms with Crippen LogP contribution in [0, 0.1) is 13.8 Å². The highest BCUT2D eigenvalue weighted by Crippen LogP contribution is 2.23. The first kappa shape index (κ1) is 16.3. The van der Waals surface area contributed by atoms with Crippen molar-refractivity contribution in [2.24, 2.45) is 0 Å². The van der Waals surface area contributed by atoms with Crippen LogP contribution in [-0.4, -0.2) is 32.7 Å². The highest BCUT2D eigenvalue weighted by molar-refractivity contribution is 7.89. The van der Waals surface area contributed by atoms with Gasteiger partial charge in [-0.05, 0) is 37.6 Å². The van der Waals surface area contributed by atoms with Crippen molar-refractivity contribution in [3.05, 3.63) is 47.4 Å². The average Bonchev–Trinajstić information content (AvgIpc) is 2.87. The second-order valence-electron chi connectivity index (χ2n) is 5.15. The lowest BCUT2D eigenvalue weighted by molar-refractivity contribution is 0.0995. The summed E-state index contributed by atoms with van der Waals surface area (Å²) in [7, 11) is -0.639. The fraction of sp³-hybridized carbons (Fsp3) is 0.267. The smallest absolute Gasteiger partial charge is 0.291 e. The first-order valence-electron chi connectivity index (χ1n) is 6.62. The number of nitrogens with zero attached hydrogens (tertiary/aromatic N) is 1. The molecule has 1 N–H and O–H groups in total. The van der Waals surface area contributed by atoms with Crippen LogP contribution in [0.4, 0.5) is 5.69 Å². The van der Waals surface area contributed by atoms with Gasteiger partial charge in [0.15, 0.2) is 5.76 Å². The van der Waals surface area contributed by atoms with Crippen LogP contribution in [-0.2, 0) is 10.0 Å². The minimum absolute atomic E-state index is 0.120. The van der Waals surface area contributed by atoms with E-state index in [9.17, 15) is 13.2 Å². The van der Waals surface area contributed by atoms with E-state index in [4.69, 9.17) is 4.42 Å². The van der Waals surface area contributed by atoms with Gasteiger partial charge < -0.3 is 9.73 Å². The number of carbonyl (C=O) groups is 1. The highest BCUT2D eigenvalue weighted by atomic mass is 32.2. The zero-order valence-electron chi connectivity index (χ0n) is 12.9. The molecule has 0 saturated carbocycles. The number of rotatable bonds is 4. The highest BCUT2D eigenvalue weighted by Gasteiger charge is 2.20. The number of hydrogen-bond acceptors (Lipinski definition) is 4. The minimum atomic E-state index is -3.56. The Morgan fingerprint density at radius 2 is 1.82 bits per heavy atom. The van der Waals surface area contributed by atoms with Crippen molar-refractivity contribution < 1.29 is 17.6 Å². The summed E-state index contributed by atoms with van der Waals surface area (Å²) in [5, 5.41) is 2.69. The molecule has 0 atom stereocenters. The van der Waals surface area contributed by atoms with Crippen molar-refractivity contribution >= 4 is 21.6 Å². The molecule has 2 rings (SSSR count).